The lowest BCUT2D eigenvalue weighted by Gasteiger charge is -2.22. The van der Waals surface area contributed by atoms with Crippen molar-refractivity contribution < 1.29 is 13.9 Å². The first-order valence-corrected chi connectivity index (χ1v) is 10.5. The third kappa shape index (κ3) is 4.53. The van der Waals surface area contributed by atoms with Crippen LogP contribution in [0.15, 0.2) is 67.0 Å². The first-order chi connectivity index (χ1) is 15.1. The molecule has 31 heavy (non-hydrogen) atoms. The first kappa shape index (κ1) is 20.8. The van der Waals surface area contributed by atoms with Crippen LogP contribution in [0.2, 0.25) is 0 Å². The number of likely N-dealkylation sites (N-methyl/N-ethyl adjacent to an activating group) is 1. The van der Waals surface area contributed by atoms with Crippen molar-refractivity contribution in [1.82, 2.24) is 9.88 Å². The Labute approximate surface area is 182 Å². The van der Waals surface area contributed by atoms with Crippen molar-refractivity contribution in [3.05, 3.63) is 89.5 Å². The van der Waals surface area contributed by atoms with E-state index >= 15 is 0 Å². The molecule has 2 aromatic carbocycles. The van der Waals surface area contributed by atoms with Crippen molar-refractivity contribution in [3.63, 3.8) is 0 Å². The van der Waals surface area contributed by atoms with Crippen LogP contribution in [-0.2, 0) is 6.54 Å². The summed E-state index contributed by atoms with van der Waals surface area (Å²) in [4.78, 5) is 20.8. The third-order valence-corrected chi connectivity index (χ3v) is 5.64. The lowest BCUT2D eigenvalue weighted by atomic mass is 10.1. The average molecular weight is 420 g/mol. The highest BCUT2D eigenvalue weighted by Gasteiger charge is 2.26. The number of aromatic nitrogens is 1. The monoisotopic (exact) mass is 419 g/mol. The van der Waals surface area contributed by atoms with Crippen LogP contribution in [0.25, 0.3) is 0 Å². The van der Waals surface area contributed by atoms with Gasteiger partial charge in [0.15, 0.2) is 0 Å². The molecular formula is C25H26FN3O2. The molecule has 1 aliphatic heterocycles. The topological polar surface area (TPSA) is 45.7 Å². The van der Waals surface area contributed by atoms with Crippen molar-refractivity contribution in [2.45, 2.75) is 26.0 Å². The Morgan fingerprint density at radius 3 is 2.68 bits per heavy atom. The van der Waals surface area contributed by atoms with Gasteiger partial charge in [-0.25, -0.2) is 4.39 Å². The number of benzene rings is 2. The van der Waals surface area contributed by atoms with E-state index in [1.54, 1.807) is 29.4 Å². The minimum atomic E-state index is -0.378. The largest absolute Gasteiger partial charge is 0.486 e. The normalized spacial score (nSPS) is 14.7. The van der Waals surface area contributed by atoms with Crippen LogP contribution >= 0.6 is 0 Å². The molecule has 5 nitrogen and oxygen atoms in total. The Hall–Kier alpha value is -3.41. The molecule has 0 bridgehead atoms. The van der Waals surface area contributed by atoms with Crippen LogP contribution in [0.4, 0.5) is 10.1 Å². The SMILES string of the molecule is CC[C@H](Oc1ccc(CN2CCN(C)c3ccncc3C2=O)c(F)c1)c1ccccc1. The van der Waals surface area contributed by atoms with E-state index < -0.39 is 0 Å². The van der Waals surface area contributed by atoms with E-state index in [0.29, 0.717) is 30.0 Å². The number of hydrogen-bond donors (Lipinski definition) is 0. The Morgan fingerprint density at radius 1 is 1.13 bits per heavy atom. The summed E-state index contributed by atoms with van der Waals surface area (Å²) in [6.45, 7) is 3.41. The van der Waals surface area contributed by atoms with E-state index in [1.807, 2.05) is 55.3 Å². The molecule has 0 fully saturated rings. The van der Waals surface area contributed by atoms with Gasteiger partial charge in [0.05, 0.1) is 11.3 Å². The third-order valence-electron chi connectivity index (χ3n) is 5.64. The number of carbonyl (C=O) groups excluding carboxylic acids is 1. The van der Waals surface area contributed by atoms with Gasteiger partial charge in [0.1, 0.15) is 17.7 Å². The van der Waals surface area contributed by atoms with E-state index in [2.05, 4.69) is 4.98 Å². The quantitative estimate of drug-likeness (QED) is 0.573. The van der Waals surface area contributed by atoms with Crippen molar-refractivity contribution in [1.29, 1.82) is 0 Å². The van der Waals surface area contributed by atoms with Gasteiger partial charge in [0.2, 0.25) is 0 Å². The summed E-state index contributed by atoms with van der Waals surface area (Å²) in [5.41, 5.74) is 2.90. The molecule has 1 aliphatic rings. The standard InChI is InChI=1S/C25H26FN3O2/c1-3-24(18-7-5-4-6-8-18)31-20-10-9-19(22(26)15-20)17-29-14-13-28(2)23-11-12-27-16-21(23)25(29)30/h4-12,15-16,24H,3,13-14,17H2,1-2H3/t24-/m0/s1. The molecular weight excluding hydrogens is 393 g/mol. The average Bonchev–Trinajstić information content (AvgIpc) is 2.92. The maximum Gasteiger partial charge on any atom is 0.257 e. The Bertz CT molecular complexity index is 1060. The van der Waals surface area contributed by atoms with E-state index in [-0.39, 0.29) is 24.4 Å². The molecule has 1 aromatic heterocycles. The Balaban J connectivity index is 1.50. The van der Waals surface area contributed by atoms with Crippen LogP contribution in [-0.4, -0.2) is 35.9 Å². The molecule has 3 aromatic rings. The molecule has 0 radical (unpaired) electrons. The summed E-state index contributed by atoms with van der Waals surface area (Å²) in [5.74, 6) is -0.0343. The molecule has 0 unspecified atom stereocenters. The molecule has 0 N–H and O–H groups in total. The zero-order valence-electron chi connectivity index (χ0n) is 17.8. The first-order valence-electron chi connectivity index (χ1n) is 10.5. The molecule has 1 atom stereocenters. The number of ether oxygens (including phenoxy) is 1. The van der Waals surface area contributed by atoms with Crippen LogP contribution in [0, 0.1) is 5.82 Å². The highest BCUT2D eigenvalue weighted by Crippen LogP contribution is 2.28. The molecule has 0 aliphatic carbocycles. The second kappa shape index (κ2) is 9.16. The predicted octanol–water partition coefficient (Wildman–Crippen LogP) is 4.84. The van der Waals surface area contributed by atoms with Crippen molar-refractivity contribution in [2.24, 2.45) is 0 Å². The van der Waals surface area contributed by atoms with Crippen LogP contribution in [0.1, 0.15) is 40.9 Å². The zero-order chi connectivity index (χ0) is 21.8. The lowest BCUT2D eigenvalue weighted by Crippen LogP contribution is -2.33. The smallest absolute Gasteiger partial charge is 0.257 e. The van der Waals surface area contributed by atoms with Gasteiger partial charge in [0, 0.05) is 50.7 Å². The van der Waals surface area contributed by atoms with E-state index in [0.717, 1.165) is 17.7 Å². The van der Waals surface area contributed by atoms with Gasteiger partial charge in [-0.1, -0.05) is 43.3 Å². The summed E-state index contributed by atoms with van der Waals surface area (Å²) in [6, 6.07) is 16.6. The van der Waals surface area contributed by atoms with Gasteiger partial charge in [-0.3, -0.25) is 9.78 Å². The number of halogens is 1. The fourth-order valence-electron chi connectivity index (χ4n) is 3.85. The second-order valence-corrected chi connectivity index (χ2v) is 7.72. The van der Waals surface area contributed by atoms with E-state index in [9.17, 15) is 9.18 Å². The van der Waals surface area contributed by atoms with Crippen LogP contribution in [0.5, 0.6) is 5.75 Å². The maximum atomic E-state index is 14.9. The minimum Gasteiger partial charge on any atom is -0.486 e. The molecule has 160 valence electrons. The van der Waals surface area contributed by atoms with E-state index in [1.165, 1.54) is 6.07 Å². The fourth-order valence-corrected chi connectivity index (χ4v) is 3.85. The number of nitrogens with zero attached hydrogens (tertiary/aromatic N) is 3. The Morgan fingerprint density at radius 2 is 1.94 bits per heavy atom. The second-order valence-electron chi connectivity index (χ2n) is 7.72. The van der Waals surface area contributed by atoms with Crippen LogP contribution in [0.3, 0.4) is 0 Å². The van der Waals surface area contributed by atoms with Gasteiger partial charge in [0.25, 0.3) is 5.91 Å². The lowest BCUT2D eigenvalue weighted by molar-refractivity contribution is 0.0753. The summed E-state index contributed by atoms with van der Waals surface area (Å²) in [7, 11) is 1.94. The van der Waals surface area contributed by atoms with Crippen molar-refractivity contribution >= 4 is 11.6 Å². The number of fused-ring (bicyclic) bond motifs is 1. The number of anilines is 1. The molecule has 6 heteroatoms. The summed E-state index contributed by atoms with van der Waals surface area (Å²) < 4.78 is 21.0. The van der Waals surface area contributed by atoms with Crippen LogP contribution < -0.4 is 9.64 Å². The van der Waals surface area contributed by atoms with Gasteiger partial charge < -0.3 is 14.5 Å². The van der Waals surface area contributed by atoms with Crippen molar-refractivity contribution in [2.75, 3.05) is 25.0 Å². The Kier molecular flexibility index (Phi) is 6.16. The molecule has 1 amide bonds. The molecule has 2 heterocycles. The predicted molar refractivity (Wildman–Crippen MR) is 119 cm³/mol. The summed E-state index contributed by atoms with van der Waals surface area (Å²) >= 11 is 0. The molecule has 4 rings (SSSR count). The maximum absolute atomic E-state index is 14.9. The number of pyridine rings is 1. The summed E-state index contributed by atoms with van der Waals surface area (Å²) in [5, 5.41) is 0. The van der Waals surface area contributed by atoms with Gasteiger partial charge in [-0.2, -0.15) is 0 Å². The molecule has 0 saturated carbocycles. The van der Waals surface area contributed by atoms with Gasteiger partial charge in [-0.15, -0.1) is 0 Å². The van der Waals surface area contributed by atoms with Gasteiger partial charge >= 0.3 is 0 Å². The number of rotatable bonds is 6. The minimum absolute atomic E-state index is 0.137. The molecule has 0 spiro atoms. The van der Waals surface area contributed by atoms with Crippen molar-refractivity contribution in [3.8, 4) is 5.75 Å². The fraction of sp³-hybridized carbons (Fsp3) is 0.280. The number of amides is 1. The molecule has 0 saturated heterocycles. The van der Waals surface area contributed by atoms with E-state index in [4.69, 9.17) is 4.74 Å². The highest BCUT2D eigenvalue weighted by molar-refractivity contribution is 6.00. The number of carbonyl (C=O) groups is 1. The highest BCUT2D eigenvalue weighted by atomic mass is 19.1. The summed E-state index contributed by atoms with van der Waals surface area (Å²) in [6.07, 6.45) is 3.89. The zero-order valence-corrected chi connectivity index (χ0v) is 17.8. The van der Waals surface area contributed by atoms with Gasteiger partial charge in [-0.05, 0) is 24.1 Å². The number of hydrogen-bond acceptors (Lipinski definition) is 4.